The molecule has 3 heterocycles. The van der Waals surface area contributed by atoms with Gasteiger partial charge in [-0.15, -0.1) is 0 Å². The van der Waals surface area contributed by atoms with E-state index in [1.54, 1.807) is 30.7 Å². The Hall–Kier alpha value is -4.47. The first-order valence-corrected chi connectivity index (χ1v) is 21.5. The van der Waals surface area contributed by atoms with Crippen LogP contribution in [0.2, 0.25) is 0 Å². The summed E-state index contributed by atoms with van der Waals surface area (Å²) in [4.78, 5) is 77.1. The number of likely N-dealkylation sites (tertiary alicyclic amines) is 2. The first-order chi connectivity index (χ1) is 28.2. The molecule has 0 bridgehead atoms. The molecule has 2 aliphatic heterocycles. The molecule has 0 spiro atoms. The van der Waals surface area contributed by atoms with E-state index >= 15 is 0 Å². The summed E-state index contributed by atoms with van der Waals surface area (Å²) in [7, 11) is 6.80. The van der Waals surface area contributed by atoms with Crippen molar-refractivity contribution in [2.75, 3.05) is 41.3 Å². The van der Waals surface area contributed by atoms with Crippen molar-refractivity contribution in [3.8, 4) is 11.6 Å². The van der Waals surface area contributed by atoms with Crippen LogP contribution in [0.5, 0.6) is 11.6 Å². The summed E-state index contributed by atoms with van der Waals surface area (Å²) >= 11 is 0. The third kappa shape index (κ3) is 10.7. The number of hydrogen-bond acceptors (Lipinski definition) is 11. The normalized spacial score (nSPS) is 19.6. The summed E-state index contributed by atoms with van der Waals surface area (Å²) in [5.41, 5.74) is 1.29. The number of methoxy groups -OCH3 is 1. The number of ether oxygens (including phenoxy) is 2. The van der Waals surface area contributed by atoms with E-state index in [-0.39, 0.29) is 54.3 Å². The molecule has 334 valence electrons. The van der Waals surface area contributed by atoms with E-state index in [2.05, 4.69) is 5.32 Å². The molecule has 1 aromatic heterocycles. The fourth-order valence-corrected chi connectivity index (χ4v) is 8.93. The Bertz CT molecular complexity index is 1790. The number of aromatic hydroxyl groups is 1. The average Bonchev–Trinajstić information content (AvgIpc) is 3.94. The molecular formula is C45H70N6O9. The van der Waals surface area contributed by atoms with E-state index in [0.29, 0.717) is 43.7 Å². The minimum atomic E-state index is -1.29. The maximum absolute atomic E-state index is 14.6. The van der Waals surface area contributed by atoms with Crippen molar-refractivity contribution < 1.29 is 43.7 Å². The highest BCUT2D eigenvalue weighted by molar-refractivity contribution is 5.94. The molecule has 2 saturated heterocycles. The number of esters is 1. The van der Waals surface area contributed by atoms with E-state index < -0.39 is 60.3 Å². The zero-order valence-corrected chi connectivity index (χ0v) is 37.8. The number of aliphatic hydroxyl groups is 1. The van der Waals surface area contributed by atoms with Crippen molar-refractivity contribution in [2.24, 2.45) is 23.7 Å². The third-order valence-electron chi connectivity index (χ3n) is 12.0. The van der Waals surface area contributed by atoms with Crippen LogP contribution in [0.4, 0.5) is 0 Å². The smallest absolute Gasteiger partial charge is 0.329 e. The van der Waals surface area contributed by atoms with Gasteiger partial charge in [-0.1, -0.05) is 85.7 Å². The predicted molar refractivity (Wildman–Crippen MR) is 228 cm³/mol. The lowest BCUT2D eigenvalue weighted by atomic mass is 9.95. The molecule has 4 rings (SSSR count). The van der Waals surface area contributed by atoms with Crippen LogP contribution in [0, 0.1) is 23.7 Å². The van der Waals surface area contributed by atoms with Gasteiger partial charge in [-0.05, 0) is 76.1 Å². The lowest BCUT2D eigenvalue weighted by molar-refractivity contribution is -0.160. The molecule has 0 aliphatic carbocycles. The molecule has 0 radical (unpaired) electrons. The second-order valence-corrected chi connectivity index (χ2v) is 18.0. The van der Waals surface area contributed by atoms with Crippen molar-refractivity contribution in [2.45, 2.75) is 130 Å². The summed E-state index contributed by atoms with van der Waals surface area (Å²) in [5.74, 6) is -3.20. The van der Waals surface area contributed by atoms with Gasteiger partial charge in [0, 0.05) is 25.6 Å². The minimum Gasteiger partial charge on any atom is -0.495 e. The molecule has 2 aliphatic rings. The third-order valence-corrected chi connectivity index (χ3v) is 12.0. The largest absolute Gasteiger partial charge is 0.495 e. The van der Waals surface area contributed by atoms with Gasteiger partial charge in [-0.2, -0.15) is 0 Å². The molecule has 15 nitrogen and oxygen atoms in total. The molecule has 3 amide bonds. The van der Waals surface area contributed by atoms with Crippen molar-refractivity contribution in [1.82, 2.24) is 29.5 Å². The monoisotopic (exact) mass is 839 g/mol. The van der Waals surface area contributed by atoms with Crippen LogP contribution in [-0.2, 0) is 30.3 Å². The molecule has 3 N–H and O–H groups in total. The van der Waals surface area contributed by atoms with Gasteiger partial charge in [0.2, 0.25) is 23.6 Å². The van der Waals surface area contributed by atoms with E-state index in [1.165, 1.54) is 18.1 Å². The molecule has 2 unspecified atom stereocenters. The summed E-state index contributed by atoms with van der Waals surface area (Å²) in [6, 6.07) is 7.03. The van der Waals surface area contributed by atoms with Crippen LogP contribution in [0.1, 0.15) is 97.1 Å². The van der Waals surface area contributed by atoms with Crippen molar-refractivity contribution in [1.29, 1.82) is 0 Å². The molecule has 0 saturated carbocycles. The number of rotatable bonds is 18. The van der Waals surface area contributed by atoms with E-state index in [1.807, 2.05) is 90.9 Å². The number of likely N-dealkylation sites (N-methyl/N-ethyl adjacent to an activating group) is 2. The fourth-order valence-electron chi connectivity index (χ4n) is 8.93. The topological polar surface area (TPSA) is 174 Å². The van der Waals surface area contributed by atoms with Crippen LogP contribution in [0.15, 0.2) is 36.4 Å². The Morgan fingerprint density at radius 2 is 1.38 bits per heavy atom. The Kier molecular flexibility index (Phi) is 16.8. The zero-order chi connectivity index (χ0) is 44.7. The number of aliphatic hydroxyl groups excluding tert-OH is 1. The molecule has 7 atom stereocenters. The SMILES string of the molecule is COc1cc(O)n(C(=O)C(OC(=O)[C@@H]2CCCN2C(=O)[C@@H]2CCCN2C(=O)[C@H](C(C)C)N(C)[C@@H](O)C(NC(=O)[C@H](C(C)C)N(C)C)C(C)C)C(C)C)c1Cc1ccccc1. The number of hydrogen-bond donors (Lipinski definition) is 3. The van der Waals surface area contributed by atoms with Crippen molar-refractivity contribution in [3.63, 3.8) is 0 Å². The Balaban J connectivity index is 1.52. The second-order valence-electron chi connectivity index (χ2n) is 18.0. The number of carbonyl (C=O) groups is 5. The van der Waals surface area contributed by atoms with Gasteiger partial charge in [0.15, 0.2) is 6.10 Å². The number of benzene rings is 1. The van der Waals surface area contributed by atoms with Crippen molar-refractivity contribution in [3.05, 3.63) is 47.7 Å². The quantitative estimate of drug-likeness (QED) is 0.146. The number of nitrogens with one attached hydrogen (secondary N) is 1. The van der Waals surface area contributed by atoms with E-state index in [4.69, 9.17) is 9.47 Å². The Labute approximate surface area is 356 Å². The number of amides is 3. The number of carbonyl (C=O) groups excluding carboxylic acids is 5. The number of aromatic nitrogens is 1. The maximum atomic E-state index is 14.6. The van der Waals surface area contributed by atoms with Gasteiger partial charge in [0.1, 0.15) is 24.1 Å². The fraction of sp³-hybridized carbons (Fsp3) is 0.667. The first-order valence-electron chi connectivity index (χ1n) is 21.5. The molecule has 2 fully saturated rings. The van der Waals surface area contributed by atoms with Crippen LogP contribution in [-0.4, -0.2) is 148 Å². The van der Waals surface area contributed by atoms with Gasteiger partial charge >= 0.3 is 5.97 Å². The van der Waals surface area contributed by atoms with Gasteiger partial charge < -0.3 is 34.8 Å². The summed E-state index contributed by atoms with van der Waals surface area (Å²) in [6.45, 7) is 15.6. The minimum absolute atomic E-state index is 0.0238. The summed E-state index contributed by atoms with van der Waals surface area (Å²) < 4.78 is 12.6. The van der Waals surface area contributed by atoms with Gasteiger partial charge in [0.25, 0.3) is 5.91 Å². The summed E-state index contributed by atoms with van der Waals surface area (Å²) in [6.07, 6.45) is -0.401. The van der Waals surface area contributed by atoms with Crippen LogP contribution in [0.25, 0.3) is 0 Å². The lowest BCUT2D eigenvalue weighted by Gasteiger charge is -2.42. The van der Waals surface area contributed by atoms with E-state index in [0.717, 1.165) is 10.1 Å². The zero-order valence-electron chi connectivity index (χ0n) is 37.8. The lowest BCUT2D eigenvalue weighted by Crippen LogP contribution is -2.62. The highest BCUT2D eigenvalue weighted by Crippen LogP contribution is 2.33. The Morgan fingerprint density at radius 3 is 1.92 bits per heavy atom. The van der Waals surface area contributed by atoms with Crippen LogP contribution >= 0.6 is 0 Å². The average molecular weight is 839 g/mol. The Morgan fingerprint density at radius 1 is 0.800 bits per heavy atom. The molecule has 60 heavy (non-hydrogen) atoms. The highest BCUT2D eigenvalue weighted by atomic mass is 16.6. The highest BCUT2D eigenvalue weighted by Gasteiger charge is 2.47. The second kappa shape index (κ2) is 20.9. The van der Waals surface area contributed by atoms with Gasteiger partial charge in [-0.3, -0.25) is 29.0 Å². The van der Waals surface area contributed by atoms with E-state index in [9.17, 15) is 34.2 Å². The maximum Gasteiger partial charge on any atom is 0.329 e. The van der Waals surface area contributed by atoms with Crippen LogP contribution < -0.4 is 10.1 Å². The van der Waals surface area contributed by atoms with Crippen molar-refractivity contribution >= 4 is 29.6 Å². The standard InChI is InChI=1S/C45H70N6O9/c1-26(2)36(46-40(53)37(27(3)4)47(9)10)42(55)48(11)38(28(5)6)43(56)49-22-16-20-31(49)41(54)50-23-17-21-32(50)45(58)60-39(29(7)8)44(57)51-33(34(59-12)25-35(51)52)24-30-18-14-13-15-19-30/h13-15,18-19,25-29,31-32,36-39,42,52,55H,16-17,20-24H2,1-12H3,(H,46,53)/t31-,32-,36?,37-,38-,39?,42-/m0/s1. The molecular weight excluding hydrogens is 769 g/mol. The van der Waals surface area contributed by atoms with Crippen LogP contribution in [0.3, 0.4) is 0 Å². The molecule has 2 aromatic rings. The molecule has 1 aromatic carbocycles. The first kappa shape index (κ1) is 48.2. The number of nitrogens with zero attached hydrogens (tertiary/aromatic N) is 5. The van der Waals surface area contributed by atoms with Gasteiger partial charge in [0.05, 0.1) is 30.9 Å². The summed E-state index contributed by atoms with van der Waals surface area (Å²) in [5, 5.41) is 25.8. The molecule has 15 heteroatoms. The van der Waals surface area contributed by atoms with Gasteiger partial charge in [-0.25, -0.2) is 9.36 Å². The predicted octanol–water partition coefficient (Wildman–Crippen LogP) is 3.98.